The van der Waals surface area contributed by atoms with E-state index in [1.54, 1.807) is 0 Å². The number of hydrogen-bond donors (Lipinski definition) is 2. The fourth-order valence-corrected chi connectivity index (χ4v) is 7.21. The summed E-state index contributed by atoms with van der Waals surface area (Å²) in [5.74, 6) is 1.25. The molecular weight excluding hydrogens is 493 g/mol. The van der Waals surface area contributed by atoms with Gasteiger partial charge in [-0.3, -0.25) is 9.69 Å². The quantitative estimate of drug-likeness (QED) is 0.307. The summed E-state index contributed by atoms with van der Waals surface area (Å²) in [5.41, 5.74) is 4.93. The van der Waals surface area contributed by atoms with Crippen LogP contribution in [0.5, 0.6) is 6.01 Å². The minimum absolute atomic E-state index is 0.0697. The lowest BCUT2D eigenvalue weighted by Crippen LogP contribution is -2.43. The van der Waals surface area contributed by atoms with E-state index in [4.69, 9.17) is 9.72 Å². The standard InChI is InChI=1S/C31H34FN5O2/c1-2-27(38)33-10-11-34-29-24-16-25(32)23(21-7-3-6-19-14-20-15-22(20)28(19)21)17-26(24)35-30(36-29)39-18-31-8-4-12-37(31)13-5-9-31/h2-3,6-7,16-17,20,22H,1,4-5,8-15,18H2,(H,33,38)(H,34,35,36)/t20-,22+/m1/s1. The molecule has 202 valence electrons. The van der Waals surface area contributed by atoms with Crippen LogP contribution in [0.15, 0.2) is 43.0 Å². The summed E-state index contributed by atoms with van der Waals surface area (Å²) >= 11 is 0. The first kappa shape index (κ1) is 24.5. The highest BCUT2D eigenvalue weighted by Crippen LogP contribution is 2.58. The Balaban J connectivity index is 1.23. The SMILES string of the molecule is C=CC(=O)NCCNc1nc(OCC23CCCN2CCC3)nc2cc(-c3cccc4c3[C@H]3C[C@H]3C4)c(F)cc12. The molecule has 8 heteroatoms. The van der Waals surface area contributed by atoms with Gasteiger partial charge in [-0.15, -0.1) is 0 Å². The number of ether oxygens (including phenoxy) is 1. The lowest BCUT2D eigenvalue weighted by Gasteiger charge is -2.31. The first-order chi connectivity index (χ1) is 19.0. The molecule has 0 bridgehead atoms. The summed E-state index contributed by atoms with van der Waals surface area (Å²) in [4.78, 5) is 23.6. The van der Waals surface area contributed by atoms with Crippen molar-refractivity contribution >= 4 is 22.6 Å². The Morgan fingerprint density at radius 3 is 2.85 bits per heavy atom. The number of benzene rings is 2. The van der Waals surface area contributed by atoms with E-state index in [9.17, 15) is 4.79 Å². The summed E-state index contributed by atoms with van der Waals surface area (Å²) < 4.78 is 22.0. The Labute approximate surface area is 227 Å². The van der Waals surface area contributed by atoms with Gasteiger partial charge in [0.05, 0.1) is 11.1 Å². The number of anilines is 1. The van der Waals surface area contributed by atoms with Crippen molar-refractivity contribution in [1.29, 1.82) is 0 Å². The van der Waals surface area contributed by atoms with E-state index in [-0.39, 0.29) is 17.3 Å². The monoisotopic (exact) mass is 527 g/mol. The number of nitrogens with one attached hydrogen (secondary N) is 2. The van der Waals surface area contributed by atoms with Gasteiger partial charge in [0.1, 0.15) is 18.2 Å². The van der Waals surface area contributed by atoms with Crippen LogP contribution in [0.4, 0.5) is 10.2 Å². The molecule has 2 atom stereocenters. The molecule has 2 saturated heterocycles. The van der Waals surface area contributed by atoms with E-state index in [2.05, 4.69) is 33.2 Å². The number of aromatic nitrogens is 2. The fraction of sp³-hybridized carbons (Fsp3) is 0.452. The van der Waals surface area contributed by atoms with E-state index in [1.165, 1.54) is 42.5 Å². The van der Waals surface area contributed by atoms with Gasteiger partial charge < -0.3 is 15.4 Å². The van der Waals surface area contributed by atoms with Crippen LogP contribution >= 0.6 is 0 Å². The molecular formula is C31H34FN5O2. The lowest BCUT2D eigenvalue weighted by molar-refractivity contribution is -0.116. The first-order valence-electron chi connectivity index (χ1n) is 14.2. The fourth-order valence-electron chi connectivity index (χ4n) is 7.21. The smallest absolute Gasteiger partial charge is 0.319 e. The van der Waals surface area contributed by atoms with Crippen LogP contribution in [0.1, 0.15) is 49.1 Å². The highest BCUT2D eigenvalue weighted by atomic mass is 19.1. The minimum atomic E-state index is -0.285. The zero-order chi connectivity index (χ0) is 26.6. The number of rotatable bonds is 9. The minimum Gasteiger partial charge on any atom is -0.461 e. The number of nitrogens with zero attached hydrogens (tertiary/aromatic N) is 3. The second kappa shape index (κ2) is 9.59. The molecule has 2 N–H and O–H groups in total. The third kappa shape index (κ3) is 4.35. The number of carbonyl (C=O) groups excluding carboxylic acids is 1. The maximum atomic E-state index is 15.7. The van der Waals surface area contributed by atoms with Crippen LogP contribution in [0.3, 0.4) is 0 Å². The van der Waals surface area contributed by atoms with Crippen molar-refractivity contribution in [3.63, 3.8) is 0 Å². The lowest BCUT2D eigenvalue weighted by atomic mass is 9.93. The molecule has 0 spiro atoms. The third-order valence-electron chi connectivity index (χ3n) is 9.21. The average molecular weight is 528 g/mol. The van der Waals surface area contributed by atoms with Crippen molar-refractivity contribution in [2.24, 2.45) is 5.92 Å². The molecule has 3 heterocycles. The molecule has 0 radical (unpaired) electrons. The molecule has 7 nitrogen and oxygen atoms in total. The molecule has 1 amide bonds. The van der Waals surface area contributed by atoms with Crippen LogP contribution in [-0.2, 0) is 11.2 Å². The second-order valence-corrected chi connectivity index (χ2v) is 11.5. The van der Waals surface area contributed by atoms with Gasteiger partial charge in [-0.25, -0.2) is 4.39 Å². The molecule has 7 rings (SSSR count). The number of hydrogen-bond acceptors (Lipinski definition) is 6. The van der Waals surface area contributed by atoms with Gasteiger partial charge in [0.2, 0.25) is 5.91 Å². The molecule has 2 aliphatic carbocycles. The molecule has 1 saturated carbocycles. The molecule has 3 fully saturated rings. The van der Waals surface area contributed by atoms with Gasteiger partial charge in [0.25, 0.3) is 0 Å². The summed E-state index contributed by atoms with van der Waals surface area (Å²) in [7, 11) is 0. The van der Waals surface area contributed by atoms with Gasteiger partial charge >= 0.3 is 6.01 Å². The van der Waals surface area contributed by atoms with Crippen LogP contribution in [-0.4, -0.2) is 59.1 Å². The Kier molecular flexibility index (Phi) is 6.03. The Bertz CT molecular complexity index is 1460. The van der Waals surface area contributed by atoms with Crippen molar-refractivity contribution in [1.82, 2.24) is 20.2 Å². The van der Waals surface area contributed by atoms with Gasteiger partial charge in [-0.2, -0.15) is 9.97 Å². The normalized spacial score (nSPS) is 22.3. The van der Waals surface area contributed by atoms with Gasteiger partial charge in [-0.05, 0) is 98.3 Å². The van der Waals surface area contributed by atoms with E-state index in [0.29, 0.717) is 53.9 Å². The Morgan fingerprint density at radius 2 is 2.03 bits per heavy atom. The van der Waals surface area contributed by atoms with Crippen molar-refractivity contribution in [3.05, 3.63) is 59.9 Å². The first-order valence-corrected chi connectivity index (χ1v) is 14.2. The van der Waals surface area contributed by atoms with Crippen LogP contribution < -0.4 is 15.4 Å². The maximum Gasteiger partial charge on any atom is 0.319 e. The third-order valence-corrected chi connectivity index (χ3v) is 9.21. The molecule has 39 heavy (non-hydrogen) atoms. The van der Waals surface area contributed by atoms with E-state index >= 15 is 4.39 Å². The number of halogens is 1. The van der Waals surface area contributed by atoms with Gasteiger partial charge in [-0.1, -0.05) is 24.8 Å². The largest absolute Gasteiger partial charge is 0.461 e. The predicted octanol–water partition coefficient (Wildman–Crippen LogP) is 4.82. The molecule has 0 unspecified atom stereocenters. The Morgan fingerprint density at radius 1 is 1.18 bits per heavy atom. The molecule has 2 aromatic carbocycles. The van der Waals surface area contributed by atoms with Crippen molar-refractivity contribution < 1.29 is 13.9 Å². The van der Waals surface area contributed by atoms with Crippen molar-refractivity contribution in [2.45, 2.75) is 50.0 Å². The summed E-state index contributed by atoms with van der Waals surface area (Å²) in [6.07, 6.45) is 8.18. The zero-order valence-electron chi connectivity index (χ0n) is 22.1. The average Bonchev–Trinajstić information content (AvgIpc) is 3.23. The van der Waals surface area contributed by atoms with Crippen LogP contribution in [0.2, 0.25) is 0 Å². The molecule has 1 aromatic heterocycles. The number of amides is 1. The zero-order valence-corrected chi connectivity index (χ0v) is 22.1. The molecule has 4 aliphatic rings. The number of fused-ring (bicyclic) bond motifs is 5. The van der Waals surface area contributed by atoms with Gasteiger partial charge in [0, 0.05) is 24.0 Å². The van der Waals surface area contributed by atoms with Crippen LogP contribution in [0.25, 0.3) is 22.0 Å². The maximum absolute atomic E-state index is 15.7. The summed E-state index contributed by atoms with van der Waals surface area (Å²) in [6.45, 7) is 7.08. The summed E-state index contributed by atoms with van der Waals surface area (Å²) in [6, 6.07) is 9.94. The highest BCUT2D eigenvalue weighted by molar-refractivity contribution is 5.93. The highest BCUT2D eigenvalue weighted by Gasteiger charge is 2.46. The molecule has 3 aromatic rings. The van der Waals surface area contributed by atoms with E-state index in [0.717, 1.165) is 43.8 Å². The Hall–Kier alpha value is -3.52. The van der Waals surface area contributed by atoms with Crippen molar-refractivity contribution in [2.75, 3.05) is 38.1 Å². The van der Waals surface area contributed by atoms with Crippen molar-refractivity contribution in [3.8, 4) is 17.1 Å². The van der Waals surface area contributed by atoms with Gasteiger partial charge in [0.15, 0.2) is 0 Å². The second-order valence-electron chi connectivity index (χ2n) is 11.5. The molecule has 2 aliphatic heterocycles. The topological polar surface area (TPSA) is 79.4 Å². The summed E-state index contributed by atoms with van der Waals surface area (Å²) in [5, 5.41) is 6.61. The number of carbonyl (C=O) groups is 1. The van der Waals surface area contributed by atoms with E-state index < -0.39 is 0 Å². The van der Waals surface area contributed by atoms with E-state index in [1.807, 2.05) is 18.2 Å². The van der Waals surface area contributed by atoms with Crippen LogP contribution in [0, 0.1) is 11.7 Å². The predicted molar refractivity (Wildman–Crippen MR) is 149 cm³/mol.